The maximum atomic E-state index is 11.0. The molecular weight excluding hydrogens is 170 g/mol. The predicted octanol–water partition coefficient (Wildman–Crippen LogP) is 1.50. The second-order valence-electron chi connectivity index (χ2n) is 3.03. The molecule has 0 aromatic heterocycles. The van der Waals surface area contributed by atoms with Crippen LogP contribution in [0, 0.1) is 0 Å². The van der Waals surface area contributed by atoms with Crippen molar-refractivity contribution in [1.82, 2.24) is 5.90 Å². The number of rotatable bonds is 7. The summed E-state index contributed by atoms with van der Waals surface area (Å²) in [6.45, 7) is 4.22. The van der Waals surface area contributed by atoms with Crippen LogP contribution in [0.1, 0.15) is 39.5 Å². The first-order chi connectivity index (χ1) is 6.20. The molecule has 0 aromatic rings. The van der Waals surface area contributed by atoms with E-state index in [2.05, 4.69) is 4.84 Å². The van der Waals surface area contributed by atoms with E-state index in [-0.39, 0.29) is 12.1 Å². The summed E-state index contributed by atoms with van der Waals surface area (Å²) < 4.78 is 4.90. The summed E-state index contributed by atoms with van der Waals surface area (Å²) in [5, 5.41) is 0. The van der Waals surface area contributed by atoms with Crippen molar-refractivity contribution >= 4 is 5.97 Å². The lowest BCUT2D eigenvalue weighted by molar-refractivity contribution is -0.144. The molecule has 0 heterocycles. The van der Waals surface area contributed by atoms with E-state index in [1.54, 1.807) is 6.92 Å². The van der Waals surface area contributed by atoms with Crippen molar-refractivity contribution in [2.75, 3.05) is 6.61 Å². The molecule has 4 nitrogen and oxygen atoms in total. The molecule has 0 bridgehead atoms. The first-order valence-corrected chi connectivity index (χ1v) is 4.66. The summed E-state index contributed by atoms with van der Waals surface area (Å²) in [5.74, 6) is 7.99. The van der Waals surface area contributed by atoms with Gasteiger partial charge in [0.05, 0.1) is 12.7 Å². The van der Waals surface area contributed by atoms with E-state index in [9.17, 15) is 4.79 Å². The third-order valence-electron chi connectivity index (χ3n) is 1.70. The first-order valence-electron chi connectivity index (χ1n) is 4.66. The van der Waals surface area contributed by atoms with E-state index >= 15 is 0 Å². The minimum atomic E-state index is -0.307. The average molecular weight is 187 g/mol. The van der Waals surface area contributed by atoms with Gasteiger partial charge in [0.2, 0.25) is 0 Å². The summed E-state index contributed by atoms with van der Waals surface area (Å²) in [6, 6.07) is 0. The highest BCUT2D eigenvalue weighted by Crippen LogP contribution is 2.01. The Morgan fingerprint density at radius 2 is 2.23 bits per heavy atom. The molecule has 13 heavy (non-hydrogen) atoms. The standard InChI is InChI=1S/C9H17NO3/c1-3-4-7-12-9(11)6-5-8(2)13-10/h8H,3-7H2,1-2H3. The number of ether oxygens (including phenoxy) is 1. The van der Waals surface area contributed by atoms with Crippen molar-refractivity contribution in [2.45, 2.75) is 45.6 Å². The average Bonchev–Trinajstić information content (AvgIpc) is 2.14. The number of hydrogen-bond donors (Lipinski definition) is 0. The predicted molar refractivity (Wildman–Crippen MR) is 47.8 cm³/mol. The minimum Gasteiger partial charge on any atom is -0.466 e. The number of carbonyl (C=O) groups excluding carboxylic acids is 1. The van der Waals surface area contributed by atoms with Gasteiger partial charge in [-0.3, -0.25) is 9.63 Å². The largest absolute Gasteiger partial charge is 0.466 e. The summed E-state index contributed by atoms with van der Waals surface area (Å²) in [7, 11) is 0. The van der Waals surface area contributed by atoms with Gasteiger partial charge in [-0.1, -0.05) is 13.3 Å². The van der Waals surface area contributed by atoms with Crippen LogP contribution in [0.3, 0.4) is 0 Å². The summed E-state index contributed by atoms with van der Waals surface area (Å²) in [6.07, 6.45) is 2.40. The highest BCUT2D eigenvalue weighted by atomic mass is 16.6. The number of esters is 1. The van der Waals surface area contributed by atoms with Gasteiger partial charge in [0.15, 0.2) is 0 Å². The van der Waals surface area contributed by atoms with Crippen LogP contribution >= 0.6 is 0 Å². The first kappa shape index (κ1) is 12.4. The molecule has 1 unspecified atom stereocenters. The van der Waals surface area contributed by atoms with Crippen LogP contribution in [-0.2, 0) is 14.4 Å². The Morgan fingerprint density at radius 1 is 1.54 bits per heavy atom. The third-order valence-corrected chi connectivity index (χ3v) is 1.70. The van der Waals surface area contributed by atoms with Crippen LogP contribution in [0.5, 0.6) is 0 Å². The molecule has 2 radical (unpaired) electrons. The normalized spacial score (nSPS) is 12.5. The molecule has 0 amide bonds. The molecule has 0 saturated heterocycles. The molecule has 1 atom stereocenters. The van der Waals surface area contributed by atoms with Gasteiger partial charge in [-0.15, -0.1) is 0 Å². The second-order valence-corrected chi connectivity index (χ2v) is 3.03. The zero-order chi connectivity index (χ0) is 10.1. The number of nitrogens with zero attached hydrogens (tertiary/aromatic N) is 1. The van der Waals surface area contributed by atoms with E-state index in [0.29, 0.717) is 19.4 Å². The van der Waals surface area contributed by atoms with Crippen molar-refractivity contribution in [1.29, 1.82) is 0 Å². The van der Waals surface area contributed by atoms with Gasteiger partial charge in [-0.2, -0.15) is 0 Å². The zero-order valence-electron chi connectivity index (χ0n) is 8.28. The maximum Gasteiger partial charge on any atom is 0.305 e. The van der Waals surface area contributed by atoms with E-state index in [1.165, 1.54) is 0 Å². The Bertz CT molecular complexity index is 139. The Kier molecular flexibility index (Phi) is 7.63. The Labute approximate surface area is 79.3 Å². The summed E-state index contributed by atoms with van der Waals surface area (Å²) >= 11 is 0. The van der Waals surface area contributed by atoms with Gasteiger partial charge in [0.1, 0.15) is 0 Å². The number of hydrogen-bond acceptors (Lipinski definition) is 3. The lowest BCUT2D eigenvalue weighted by atomic mass is 10.2. The van der Waals surface area contributed by atoms with Crippen molar-refractivity contribution in [3.63, 3.8) is 0 Å². The zero-order valence-corrected chi connectivity index (χ0v) is 8.28. The third kappa shape index (κ3) is 7.74. The lowest BCUT2D eigenvalue weighted by Gasteiger charge is -2.06. The molecule has 0 N–H and O–H groups in total. The van der Waals surface area contributed by atoms with Crippen LogP contribution in [0.2, 0.25) is 0 Å². The SMILES string of the molecule is CCCCOC(=O)CCC(C)O[N]. The molecule has 4 heteroatoms. The minimum absolute atomic E-state index is 0.225. The van der Waals surface area contributed by atoms with Gasteiger partial charge in [-0.25, -0.2) is 0 Å². The molecule has 0 saturated carbocycles. The molecule has 76 valence electrons. The number of carbonyl (C=O) groups is 1. The van der Waals surface area contributed by atoms with Gasteiger partial charge < -0.3 is 4.74 Å². The molecule has 0 rings (SSSR count). The van der Waals surface area contributed by atoms with E-state index in [0.717, 1.165) is 12.8 Å². The molecule has 0 aliphatic carbocycles. The van der Waals surface area contributed by atoms with E-state index in [4.69, 9.17) is 10.6 Å². The van der Waals surface area contributed by atoms with Gasteiger partial charge >= 0.3 is 5.97 Å². The van der Waals surface area contributed by atoms with Crippen molar-refractivity contribution in [3.8, 4) is 0 Å². The monoisotopic (exact) mass is 187 g/mol. The van der Waals surface area contributed by atoms with Crippen LogP contribution in [-0.4, -0.2) is 18.7 Å². The second kappa shape index (κ2) is 8.01. The smallest absolute Gasteiger partial charge is 0.305 e. The molecule has 0 aliphatic heterocycles. The summed E-state index contributed by atoms with van der Waals surface area (Å²) in [4.78, 5) is 15.0. The fraction of sp³-hybridized carbons (Fsp3) is 0.889. The van der Waals surface area contributed by atoms with Gasteiger partial charge in [0.25, 0.3) is 0 Å². The van der Waals surface area contributed by atoms with E-state index in [1.807, 2.05) is 6.92 Å². The fourth-order valence-electron chi connectivity index (χ4n) is 0.776. The Hall–Kier alpha value is -0.610. The maximum absolute atomic E-state index is 11.0. The molecular formula is C9H17NO3. The van der Waals surface area contributed by atoms with Gasteiger partial charge in [0, 0.05) is 12.3 Å². The molecule has 0 aliphatic rings. The van der Waals surface area contributed by atoms with Crippen molar-refractivity contribution in [3.05, 3.63) is 0 Å². The summed E-state index contributed by atoms with van der Waals surface area (Å²) in [5.41, 5.74) is 0. The van der Waals surface area contributed by atoms with E-state index < -0.39 is 0 Å². The van der Waals surface area contributed by atoms with Crippen LogP contribution < -0.4 is 5.90 Å². The lowest BCUT2D eigenvalue weighted by Crippen LogP contribution is -2.12. The fourth-order valence-corrected chi connectivity index (χ4v) is 0.776. The Balaban J connectivity index is 3.30. The Morgan fingerprint density at radius 3 is 2.77 bits per heavy atom. The topological polar surface area (TPSA) is 57.8 Å². The van der Waals surface area contributed by atoms with Crippen LogP contribution in [0.15, 0.2) is 0 Å². The van der Waals surface area contributed by atoms with Crippen LogP contribution in [0.25, 0.3) is 0 Å². The van der Waals surface area contributed by atoms with Crippen molar-refractivity contribution in [2.24, 2.45) is 0 Å². The van der Waals surface area contributed by atoms with Crippen LogP contribution in [0.4, 0.5) is 0 Å². The number of unbranched alkanes of at least 4 members (excludes halogenated alkanes) is 1. The highest BCUT2D eigenvalue weighted by molar-refractivity contribution is 5.69. The molecule has 0 spiro atoms. The van der Waals surface area contributed by atoms with Gasteiger partial charge in [-0.05, 0) is 19.8 Å². The highest BCUT2D eigenvalue weighted by Gasteiger charge is 2.07. The quantitative estimate of drug-likeness (QED) is 0.345. The molecule has 0 fully saturated rings. The molecule has 0 aromatic carbocycles. The van der Waals surface area contributed by atoms with Crippen molar-refractivity contribution < 1.29 is 14.4 Å².